The van der Waals surface area contributed by atoms with Crippen LogP contribution in [0.15, 0.2) is 46.0 Å². The first kappa shape index (κ1) is 23.7. The fourth-order valence-electron chi connectivity index (χ4n) is 4.49. The third-order valence-electron chi connectivity index (χ3n) is 6.23. The van der Waals surface area contributed by atoms with Gasteiger partial charge in [0.25, 0.3) is 10.0 Å². The maximum Gasteiger partial charge on any atom is 0.252 e. The molecule has 0 radical (unpaired) electrons. The Morgan fingerprint density at radius 1 is 1.12 bits per heavy atom. The number of anilines is 1. The first-order chi connectivity index (χ1) is 15.1. The molecular weight excluding hydrogens is 446 g/mol. The summed E-state index contributed by atoms with van der Waals surface area (Å²) < 4.78 is 34.1. The van der Waals surface area contributed by atoms with Crippen LogP contribution in [0, 0.1) is 0 Å². The topological polar surface area (TPSA) is 73.3 Å². The molecule has 7 nitrogen and oxygen atoms in total. The fraction of sp³-hybridized carbons (Fsp3) is 0.565. The zero-order valence-corrected chi connectivity index (χ0v) is 20.6. The smallest absolute Gasteiger partial charge is 0.252 e. The summed E-state index contributed by atoms with van der Waals surface area (Å²) in [5.41, 5.74) is 1.02. The Balaban J connectivity index is 1.58. The maximum absolute atomic E-state index is 13.2. The van der Waals surface area contributed by atoms with Gasteiger partial charge in [-0.25, -0.2) is 8.42 Å². The average molecular weight is 480 g/mol. The van der Waals surface area contributed by atoms with Gasteiger partial charge in [0.1, 0.15) is 4.21 Å². The van der Waals surface area contributed by atoms with Crippen LogP contribution in [0.4, 0.5) is 5.69 Å². The van der Waals surface area contributed by atoms with E-state index < -0.39 is 15.6 Å². The number of aliphatic hydroxyl groups is 1. The molecule has 2 aromatic rings. The van der Waals surface area contributed by atoms with Gasteiger partial charge in [-0.2, -0.15) is 4.31 Å². The number of rotatable bonds is 6. The van der Waals surface area contributed by atoms with Crippen LogP contribution in [-0.2, 0) is 20.4 Å². The van der Waals surface area contributed by atoms with Crippen LogP contribution in [0.25, 0.3) is 0 Å². The highest BCUT2D eigenvalue weighted by Crippen LogP contribution is 2.29. The second kappa shape index (κ2) is 9.40. The van der Waals surface area contributed by atoms with Crippen molar-refractivity contribution in [3.63, 3.8) is 0 Å². The summed E-state index contributed by atoms with van der Waals surface area (Å²) in [6.07, 6.45) is 0.179. The van der Waals surface area contributed by atoms with Crippen LogP contribution in [0.5, 0.6) is 0 Å². The predicted molar refractivity (Wildman–Crippen MR) is 128 cm³/mol. The molecule has 9 heteroatoms. The first-order valence-electron chi connectivity index (χ1n) is 11.1. The fourth-order valence-corrected chi connectivity index (χ4v) is 7.11. The lowest BCUT2D eigenvalue weighted by atomic mass is 9.98. The summed E-state index contributed by atoms with van der Waals surface area (Å²) >= 11 is 1.27. The van der Waals surface area contributed by atoms with E-state index in [1.54, 1.807) is 35.7 Å². The quantitative estimate of drug-likeness (QED) is 0.687. The summed E-state index contributed by atoms with van der Waals surface area (Å²) in [4.78, 5) is 4.69. The van der Waals surface area contributed by atoms with Crippen molar-refractivity contribution in [1.82, 2.24) is 9.21 Å². The molecule has 1 aromatic heterocycles. The minimum atomic E-state index is -3.49. The van der Waals surface area contributed by atoms with Crippen molar-refractivity contribution in [1.29, 1.82) is 0 Å². The molecule has 0 amide bonds. The zero-order valence-electron chi connectivity index (χ0n) is 19.0. The molecule has 1 N–H and O–H groups in total. The summed E-state index contributed by atoms with van der Waals surface area (Å²) in [7, 11) is -3.49. The summed E-state index contributed by atoms with van der Waals surface area (Å²) in [5, 5.41) is 12.1. The number of sulfonamides is 1. The Bertz CT molecular complexity index is 987. The van der Waals surface area contributed by atoms with E-state index >= 15 is 0 Å². The minimum absolute atomic E-state index is 0.0248. The number of hydrogen-bond donors (Lipinski definition) is 1. The molecule has 176 valence electrons. The summed E-state index contributed by atoms with van der Waals surface area (Å²) in [6.45, 7) is 10.3. The van der Waals surface area contributed by atoms with Crippen molar-refractivity contribution in [2.24, 2.45) is 0 Å². The Morgan fingerprint density at radius 3 is 2.50 bits per heavy atom. The highest BCUT2D eigenvalue weighted by atomic mass is 32.2. The molecule has 2 atom stereocenters. The molecule has 2 saturated heterocycles. The Labute approximate surface area is 195 Å². The van der Waals surface area contributed by atoms with Crippen LogP contribution in [0.3, 0.4) is 0 Å². The summed E-state index contributed by atoms with van der Waals surface area (Å²) in [5.74, 6) is 0. The Morgan fingerprint density at radius 2 is 1.88 bits per heavy atom. The first-order valence-corrected chi connectivity index (χ1v) is 13.4. The van der Waals surface area contributed by atoms with E-state index in [0.29, 0.717) is 30.5 Å². The van der Waals surface area contributed by atoms with Gasteiger partial charge < -0.3 is 14.7 Å². The minimum Gasteiger partial charge on any atom is -0.386 e. The molecule has 0 spiro atoms. The standard InChI is InChI=1S/C23H33N3O4S2/c1-18-15-24(12-13-30-18)16-21-17-25(32(28,29)22-5-4-14-31-22)10-11-26(21)20-8-6-19(7-9-20)23(2,3)27/h4-9,14,18,21,27H,10-13,15-17H2,1-3H3/t18-,21-/m0/s1. The van der Waals surface area contributed by atoms with Gasteiger partial charge in [0.15, 0.2) is 0 Å². The lowest BCUT2D eigenvalue weighted by molar-refractivity contribution is -0.0210. The van der Waals surface area contributed by atoms with Gasteiger partial charge >= 0.3 is 0 Å². The van der Waals surface area contributed by atoms with Gasteiger partial charge in [-0.3, -0.25) is 4.90 Å². The largest absolute Gasteiger partial charge is 0.386 e. The monoisotopic (exact) mass is 479 g/mol. The van der Waals surface area contributed by atoms with Crippen molar-refractivity contribution in [3.8, 4) is 0 Å². The SMILES string of the molecule is C[C@H]1CN(C[C@H]2CN(S(=O)(=O)c3cccs3)CCN2c2ccc(C(C)(C)O)cc2)CCO1. The van der Waals surface area contributed by atoms with Gasteiger partial charge in [-0.05, 0) is 49.9 Å². The van der Waals surface area contributed by atoms with E-state index in [0.717, 1.165) is 30.9 Å². The number of hydrogen-bond acceptors (Lipinski definition) is 7. The van der Waals surface area contributed by atoms with Crippen molar-refractivity contribution < 1.29 is 18.3 Å². The third kappa shape index (κ3) is 5.18. The molecule has 2 aliphatic heterocycles. The highest BCUT2D eigenvalue weighted by Gasteiger charge is 2.36. The molecule has 0 aliphatic carbocycles. The number of piperazine rings is 1. The third-order valence-corrected chi connectivity index (χ3v) is 9.47. The second-order valence-corrected chi connectivity index (χ2v) is 12.3. The number of benzene rings is 1. The van der Waals surface area contributed by atoms with Gasteiger partial charge in [0.2, 0.25) is 0 Å². The van der Waals surface area contributed by atoms with Crippen LogP contribution in [0.2, 0.25) is 0 Å². The zero-order chi connectivity index (χ0) is 22.9. The van der Waals surface area contributed by atoms with Crippen molar-refractivity contribution >= 4 is 27.0 Å². The van der Waals surface area contributed by atoms with Crippen LogP contribution in [-0.4, -0.2) is 80.8 Å². The van der Waals surface area contributed by atoms with Gasteiger partial charge in [0, 0.05) is 45.0 Å². The van der Waals surface area contributed by atoms with E-state index in [1.807, 2.05) is 24.3 Å². The molecule has 1 aromatic carbocycles. The highest BCUT2D eigenvalue weighted by molar-refractivity contribution is 7.91. The molecule has 0 saturated carbocycles. The van der Waals surface area contributed by atoms with Crippen LogP contribution >= 0.6 is 11.3 Å². The summed E-state index contributed by atoms with van der Waals surface area (Å²) in [6, 6.07) is 11.5. The molecule has 4 rings (SSSR count). The van der Waals surface area contributed by atoms with E-state index in [2.05, 4.69) is 16.7 Å². The van der Waals surface area contributed by atoms with Gasteiger partial charge in [-0.15, -0.1) is 11.3 Å². The molecule has 0 bridgehead atoms. The normalized spacial score (nSPS) is 24.1. The van der Waals surface area contributed by atoms with Crippen LogP contribution in [0.1, 0.15) is 26.3 Å². The van der Waals surface area contributed by atoms with Crippen molar-refractivity contribution in [2.45, 2.75) is 42.7 Å². The number of thiophene rings is 1. The number of morpholine rings is 1. The van der Waals surface area contributed by atoms with E-state index in [9.17, 15) is 13.5 Å². The van der Waals surface area contributed by atoms with E-state index in [4.69, 9.17) is 4.74 Å². The molecule has 3 heterocycles. The number of ether oxygens (including phenoxy) is 1. The Hall–Kier alpha value is -1.49. The molecule has 2 aliphatic rings. The molecule has 32 heavy (non-hydrogen) atoms. The maximum atomic E-state index is 13.2. The lowest BCUT2D eigenvalue weighted by Crippen LogP contribution is -2.59. The van der Waals surface area contributed by atoms with E-state index in [1.165, 1.54) is 11.3 Å². The van der Waals surface area contributed by atoms with Crippen LogP contribution < -0.4 is 4.90 Å². The van der Waals surface area contributed by atoms with Crippen molar-refractivity contribution in [3.05, 3.63) is 47.3 Å². The van der Waals surface area contributed by atoms with Crippen molar-refractivity contribution in [2.75, 3.05) is 50.8 Å². The average Bonchev–Trinajstić information content (AvgIpc) is 3.29. The van der Waals surface area contributed by atoms with Gasteiger partial charge in [0.05, 0.1) is 24.4 Å². The number of nitrogens with zero attached hydrogens (tertiary/aromatic N) is 3. The van der Waals surface area contributed by atoms with Gasteiger partial charge in [-0.1, -0.05) is 18.2 Å². The lowest BCUT2D eigenvalue weighted by Gasteiger charge is -2.45. The Kier molecular flexibility index (Phi) is 6.95. The molecule has 2 fully saturated rings. The van der Waals surface area contributed by atoms with E-state index in [-0.39, 0.29) is 12.1 Å². The predicted octanol–water partition coefficient (Wildman–Crippen LogP) is 2.58. The molecule has 0 unspecified atom stereocenters. The molecular formula is C23H33N3O4S2. The second-order valence-electron chi connectivity index (χ2n) is 9.19.